The number of hydrogen-bond donors (Lipinski definition) is 1. The van der Waals surface area contributed by atoms with Crippen LogP contribution in [0.25, 0.3) is 10.7 Å². The fourth-order valence-electron chi connectivity index (χ4n) is 2.21. The molecule has 0 aliphatic carbocycles. The van der Waals surface area contributed by atoms with Gasteiger partial charge in [-0.2, -0.15) is 0 Å². The van der Waals surface area contributed by atoms with Crippen molar-refractivity contribution in [3.63, 3.8) is 0 Å². The molecular weight excluding hydrogens is 342 g/mol. The van der Waals surface area contributed by atoms with E-state index in [0.29, 0.717) is 13.0 Å². The number of thiazole rings is 1. The maximum atomic E-state index is 12.3. The average molecular weight is 359 g/mol. The van der Waals surface area contributed by atoms with Crippen molar-refractivity contribution in [1.82, 2.24) is 14.7 Å². The van der Waals surface area contributed by atoms with E-state index in [1.807, 2.05) is 36.6 Å². The molecule has 0 aliphatic rings. The fraction of sp³-hybridized carbons (Fsp3) is 0.176. The molecule has 0 radical (unpaired) electrons. The lowest BCUT2D eigenvalue weighted by atomic mass is 10.2. The van der Waals surface area contributed by atoms with Crippen molar-refractivity contribution in [3.8, 4) is 10.7 Å². The molecule has 0 fully saturated rings. The van der Waals surface area contributed by atoms with E-state index >= 15 is 0 Å². The van der Waals surface area contributed by atoms with E-state index in [9.17, 15) is 8.42 Å². The van der Waals surface area contributed by atoms with E-state index < -0.39 is 10.0 Å². The van der Waals surface area contributed by atoms with Crippen LogP contribution in [-0.2, 0) is 16.4 Å². The lowest BCUT2D eigenvalue weighted by Gasteiger charge is -2.06. The molecule has 5 nitrogen and oxygen atoms in total. The highest BCUT2D eigenvalue weighted by molar-refractivity contribution is 7.89. The molecule has 0 atom stereocenters. The summed E-state index contributed by atoms with van der Waals surface area (Å²) in [5, 5.41) is 2.78. The van der Waals surface area contributed by atoms with Crippen LogP contribution in [0.15, 0.2) is 58.9 Å². The number of nitrogens with one attached hydrogen (secondary N) is 1. The minimum absolute atomic E-state index is 0.287. The van der Waals surface area contributed by atoms with Crippen molar-refractivity contribution in [2.45, 2.75) is 18.2 Å². The summed E-state index contributed by atoms with van der Waals surface area (Å²) in [5.74, 6) is 0. The van der Waals surface area contributed by atoms with Crippen LogP contribution < -0.4 is 4.72 Å². The highest BCUT2D eigenvalue weighted by Crippen LogP contribution is 2.21. The molecular formula is C17H17N3O2S2. The van der Waals surface area contributed by atoms with Crippen LogP contribution in [0.1, 0.15) is 11.3 Å². The van der Waals surface area contributed by atoms with Crippen LogP contribution in [0, 0.1) is 6.92 Å². The second-order valence-corrected chi connectivity index (χ2v) is 7.95. The number of sulfonamides is 1. The molecule has 2 heterocycles. The van der Waals surface area contributed by atoms with Gasteiger partial charge in [-0.1, -0.05) is 18.2 Å². The minimum atomic E-state index is -3.49. The summed E-state index contributed by atoms with van der Waals surface area (Å²) in [6.07, 6.45) is 2.26. The second-order valence-electron chi connectivity index (χ2n) is 5.32. The largest absolute Gasteiger partial charge is 0.254 e. The van der Waals surface area contributed by atoms with Crippen molar-refractivity contribution in [2.24, 2.45) is 0 Å². The third-order valence-corrected chi connectivity index (χ3v) is 5.78. The molecule has 24 heavy (non-hydrogen) atoms. The predicted molar refractivity (Wildman–Crippen MR) is 95.4 cm³/mol. The molecule has 0 aliphatic heterocycles. The van der Waals surface area contributed by atoms with Gasteiger partial charge in [-0.05, 0) is 36.8 Å². The molecule has 3 rings (SSSR count). The Bertz CT molecular complexity index is 922. The minimum Gasteiger partial charge on any atom is -0.254 e. The standard InChI is InChI=1S/C17H17N3O2S2/c1-13-5-4-6-15(11-13)24(21,22)19-10-8-14-12-23-17(20-14)16-7-2-3-9-18-16/h2-7,9,11-12,19H,8,10H2,1H3. The molecule has 2 aromatic heterocycles. The molecule has 1 N–H and O–H groups in total. The Labute approximate surface area is 145 Å². The van der Waals surface area contributed by atoms with E-state index in [1.54, 1.807) is 24.4 Å². The smallest absolute Gasteiger partial charge is 0.240 e. The van der Waals surface area contributed by atoms with Crippen LogP contribution >= 0.6 is 11.3 Å². The quantitative estimate of drug-likeness (QED) is 0.734. The zero-order chi connectivity index (χ0) is 17.0. The molecule has 0 saturated carbocycles. The second kappa shape index (κ2) is 7.21. The molecule has 0 amide bonds. The first-order chi connectivity index (χ1) is 11.5. The maximum Gasteiger partial charge on any atom is 0.240 e. The van der Waals surface area contributed by atoms with Gasteiger partial charge in [0, 0.05) is 24.5 Å². The molecule has 0 saturated heterocycles. The van der Waals surface area contributed by atoms with Gasteiger partial charge in [0.15, 0.2) is 0 Å². The molecule has 0 unspecified atom stereocenters. The van der Waals surface area contributed by atoms with Gasteiger partial charge in [0.05, 0.1) is 16.3 Å². The first-order valence-electron chi connectivity index (χ1n) is 7.47. The normalized spacial score (nSPS) is 11.5. The first kappa shape index (κ1) is 16.8. The number of rotatable bonds is 6. The Balaban J connectivity index is 1.62. The summed E-state index contributed by atoms with van der Waals surface area (Å²) in [6.45, 7) is 2.18. The van der Waals surface area contributed by atoms with Gasteiger partial charge in [0.2, 0.25) is 10.0 Å². The first-order valence-corrected chi connectivity index (χ1v) is 9.83. The monoisotopic (exact) mass is 359 g/mol. The summed E-state index contributed by atoms with van der Waals surface area (Å²) in [7, 11) is -3.49. The Morgan fingerprint density at radius 3 is 2.79 bits per heavy atom. The van der Waals surface area contributed by atoms with Crippen molar-refractivity contribution >= 4 is 21.4 Å². The van der Waals surface area contributed by atoms with E-state index in [-0.39, 0.29) is 4.90 Å². The molecule has 7 heteroatoms. The Kier molecular flexibility index (Phi) is 5.03. The van der Waals surface area contributed by atoms with Crippen molar-refractivity contribution in [1.29, 1.82) is 0 Å². The number of benzene rings is 1. The molecule has 0 spiro atoms. The van der Waals surface area contributed by atoms with Crippen LogP contribution in [0.5, 0.6) is 0 Å². The maximum absolute atomic E-state index is 12.3. The summed E-state index contributed by atoms with van der Waals surface area (Å²) in [5.41, 5.74) is 2.60. The molecule has 1 aromatic carbocycles. The number of hydrogen-bond acceptors (Lipinski definition) is 5. The third-order valence-electron chi connectivity index (χ3n) is 3.41. The van der Waals surface area contributed by atoms with Gasteiger partial charge in [-0.25, -0.2) is 18.1 Å². The fourth-order valence-corrected chi connectivity index (χ4v) is 4.17. The molecule has 124 valence electrons. The van der Waals surface area contributed by atoms with Crippen LogP contribution in [0.2, 0.25) is 0 Å². The van der Waals surface area contributed by atoms with Crippen LogP contribution in [-0.4, -0.2) is 24.9 Å². The van der Waals surface area contributed by atoms with Gasteiger partial charge in [0.25, 0.3) is 0 Å². The van der Waals surface area contributed by atoms with Gasteiger partial charge in [-0.3, -0.25) is 4.98 Å². The van der Waals surface area contributed by atoms with Crippen LogP contribution in [0.3, 0.4) is 0 Å². The molecule has 0 bridgehead atoms. The summed E-state index contributed by atoms with van der Waals surface area (Å²) < 4.78 is 27.1. The van der Waals surface area contributed by atoms with Gasteiger partial charge in [-0.15, -0.1) is 11.3 Å². The highest BCUT2D eigenvalue weighted by atomic mass is 32.2. The number of aromatic nitrogens is 2. The van der Waals surface area contributed by atoms with E-state index in [1.165, 1.54) is 11.3 Å². The number of aryl methyl sites for hydroxylation is 1. The Morgan fingerprint density at radius 1 is 1.17 bits per heavy atom. The number of nitrogens with zero attached hydrogens (tertiary/aromatic N) is 2. The average Bonchev–Trinajstić information content (AvgIpc) is 3.04. The lowest BCUT2D eigenvalue weighted by molar-refractivity contribution is 0.581. The van der Waals surface area contributed by atoms with Gasteiger partial charge in [0.1, 0.15) is 5.01 Å². The zero-order valence-corrected chi connectivity index (χ0v) is 14.8. The summed E-state index contributed by atoms with van der Waals surface area (Å²) >= 11 is 1.51. The summed E-state index contributed by atoms with van der Waals surface area (Å²) in [4.78, 5) is 9.06. The summed E-state index contributed by atoms with van der Waals surface area (Å²) in [6, 6.07) is 12.5. The van der Waals surface area contributed by atoms with Crippen LogP contribution in [0.4, 0.5) is 0 Å². The lowest BCUT2D eigenvalue weighted by Crippen LogP contribution is -2.26. The van der Waals surface area contributed by atoms with Gasteiger partial charge >= 0.3 is 0 Å². The topological polar surface area (TPSA) is 72.0 Å². The van der Waals surface area contributed by atoms with Gasteiger partial charge < -0.3 is 0 Å². The highest BCUT2D eigenvalue weighted by Gasteiger charge is 2.13. The van der Waals surface area contributed by atoms with Crippen molar-refractivity contribution < 1.29 is 8.42 Å². The van der Waals surface area contributed by atoms with E-state index in [0.717, 1.165) is 22.0 Å². The van der Waals surface area contributed by atoms with E-state index in [2.05, 4.69) is 14.7 Å². The number of pyridine rings is 1. The SMILES string of the molecule is Cc1cccc(S(=O)(=O)NCCc2csc(-c3ccccn3)n2)c1. The van der Waals surface area contributed by atoms with E-state index in [4.69, 9.17) is 0 Å². The zero-order valence-electron chi connectivity index (χ0n) is 13.1. The predicted octanol–water partition coefficient (Wildman–Crippen LogP) is 3.03. The third kappa shape index (κ3) is 4.05. The Hall–Kier alpha value is -2.09. The van der Waals surface area contributed by atoms with Crippen molar-refractivity contribution in [2.75, 3.05) is 6.54 Å². The Morgan fingerprint density at radius 2 is 2.04 bits per heavy atom. The van der Waals surface area contributed by atoms with Crippen molar-refractivity contribution in [3.05, 3.63) is 65.3 Å². The molecule has 3 aromatic rings.